The van der Waals surface area contributed by atoms with Crippen LogP contribution in [0.2, 0.25) is 5.02 Å². The summed E-state index contributed by atoms with van der Waals surface area (Å²) >= 11 is 6.52. The SMILES string of the molecule is O=C(CSc1ccc(Cl)cc1[N+](=O)[O-])NCC(F)F. The Morgan fingerprint density at radius 2 is 2.21 bits per heavy atom. The lowest BCUT2D eigenvalue weighted by Gasteiger charge is -2.05. The van der Waals surface area contributed by atoms with Crippen molar-refractivity contribution >= 4 is 35.0 Å². The van der Waals surface area contributed by atoms with Crippen molar-refractivity contribution in [3.63, 3.8) is 0 Å². The minimum absolute atomic E-state index is 0.185. The van der Waals surface area contributed by atoms with E-state index in [1.54, 1.807) is 0 Å². The van der Waals surface area contributed by atoms with Crippen molar-refractivity contribution in [1.29, 1.82) is 0 Å². The van der Waals surface area contributed by atoms with Gasteiger partial charge in [-0.1, -0.05) is 11.6 Å². The summed E-state index contributed by atoms with van der Waals surface area (Å²) in [6.07, 6.45) is -2.63. The number of amides is 1. The molecule has 1 aromatic rings. The van der Waals surface area contributed by atoms with Crippen LogP contribution in [-0.2, 0) is 4.79 Å². The number of nitrogens with one attached hydrogen (secondary N) is 1. The lowest BCUT2D eigenvalue weighted by atomic mass is 10.3. The molecule has 1 rings (SSSR count). The lowest BCUT2D eigenvalue weighted by molar-refractivity contribution is -0.387. The molecule has 1 amide bonds. The van der Waals surface area contributed by atoms with Crippen molar-refractivity contribution in [2.75, 3.05) is 12.3 Å². The number of alkyl halides is 2. The second kappa shape index (κ2) is 7.25. The van der Waals surface area contributed by atoms with Gasteiger partial charge in [0, 0.05) is 11.1 Å². The highest BCUT2D eigenvalue weighted by molar-refractivity contribution is 8.00. The van der Waals surface area contributed by atoms with Crippen LogP contribution in [0.1, 0.15) is 0 Å². The lowest BCUT2D eigenvalue weighted by Crippen LogP contribution is -2.29. The van der Waals surface area contributed by atoms with Gasteiger partial charge >= 0.3 is 0 Å². The molecule has 0 spiro atoms. The van der Waals surface area contributed by atoms with Crippen molar-refractivity contribution in [2.45, 2.75) is 11.3 Å². The Balaban J connectivity index is 2.62. The van der Waals surface area contributed by atoms with Gasteiger partial charge in [-0.05, 0) is 12.1 Å². The third kappa shape index (κ3) is 5.39. The van der Waals surface area contributed by atoms with E-state index < -0.39 is 23.8 Å². The largest absolute Gasteiger partial charge is 0.350 e. The number of carbonyl (C=O) groups is 1. The summed E-state index contributed by atoms with van der Waals surface area (Å²) in [6, 6.07) is 4.03. The molecule has 0 atom stereocenters. The molecule has 0 saturated heterocycles. The Bertz CT molecular complexity index is 488. The highest BCUT2D eigenvalue weighted by Crippen LogP contribution is 2.31. The maximum absolute atomic E-state index is 11.8. The van der Waals surface area contributed by atoms with E-state index >= 15 is 0 Å². The molecule has 0 unspecified atom stereocenters. The number of benzene rings is 1. The van der Waals surface area contributed by atoms with Gasteiger partial charge in [0.25, 0.3) is 12.1 Å². The Kier molecular flexibility index (Phi) is 5.97. The fourth-order valence-electron chi connectivity index (χ4n) is 1.14. The van der Waals surface area contributed by atoms with Gasteiger partial charge in [-0.2, -0.15) is 0 Å². The number of thioether (sulfide) groups is 1. The first-order valence-corrected chi connectivity index (χ1v) is 6.38. The molecule has 1 aromatic carbocycles. The zero-order valence-corrected chi connectivity index (χ0v) is 11.0. The van der Waals surface area contributed by atoms with E-state index in [2.05, 4.69) is 0 Å². The zero-order chi connectivity index (χ0) is 14.4. The zero-order valence-electron chi connectivity index (χ0n) is 9.44. The predicted octanol–water partition coefficient (Wildman–Crippen LogP) is 2.72. The van der Waals surface area contributed by atoms with E-state index in [0.717, 1.165) is 11.8 Å². The molecule has 104 valence electrons. The van der Waals surface area contributed by atoms with E-state index in [0.29, 0.717) is 0 Å². The molecule has 0 aliphatic heterocycles. The molecule has 5 nitrogen and oxygen atoms in total. The number of halogens is 3. The Hall–Kier alpha value is -1.41. The molecular formula is C10H9ClF2N2O3S. The second-order valence-electron chi connectivity index (χ2n) is 3.35. The van der Waals surface area contributed by atoms with Crippen molar-refractivity contribution in [3.05, 3.63) is 33.3 Å². The summed E-state index contributed by atoms with van der Waals surface area (Å²) in [5, 5.41) is 13.0. The number of nitro groups is 1. The Morgan fingerprint density at radius 1 is 1.53 bits per heavy atom. The first-order chi connectivity index (χ1) is 8.90. The van der Waals surface area contributed by atoms with Gasteiger partial charge < -0.3 is 5.32 Å². The number of rotatable bonds is 6. The highest BCUT2D eigenvalue weighted by Gasteiger charge is 2.16. The van der Waals surface area contributed by atoms with E-state index in [-0.39, 0.29) is 21.4 Å². The van der Waals surface area contributed by atoms with Crippen molar-refractivity contribution < 1.29 is 18.5 Å². The number of hydrogen-bond donors (Lipinski definition) is 1. The molecule has 9 heteroatoms. The maximum atomic E-state index is 11.8. The van der Waals surface area contributed by atoms with Gasteiger partial charge in [0.15, 0.2) is 0 Å². The average Bonchev–Trinajstić information content (AvgIpc) is 2.34. The third-order valence-electron chi connectivity index (χ3n) is 1.93. The van der Waals surface area contributed by atoms with Crippen LogP contribution < -0.4 is 5.32 Å². The molecule has 19 heavy (non-hydrogen) atoms. The van der Waals surface area contributed by atoms with Crippen LogP contribution in [0.5, 0.6) is 0 Å². The predicted molar refractivity (Wildman–Crippen MR) is 67.8 cm³/mol. The van der Waals surface area contributed by atoms with E-state index in [1.165, 1.54) is 18.2 Å². The van der Waals surface area contributed by atoms with Crippen LogP contribution in [-0.4, -0.2) is 29.6 Å². The maximum Gasteiger partial charge on any atom is 0.284 e. The van der Waals surface area contributed by atoms with Crippen LogP contribution >= 0.6 is 23.4 Å². The quantitative estimate of drug-likeness (QED) is 0.498. The smallest absolute Gasteiger partial charge is 0.284 e. The van der Waals surface area contributed by atoms with Crippen LogP contribution in [0.25, 0.3) is 0 Å². The molecule has 0 bridgehead atoms. The summed E-state index contributed by atoms with van der Waals surface area (Å²) in [5.41, 5.74) is -0.223. The van der Waals surface area contributed by atoms with Gasteiger partial charge in [0.1, 0.15) is 0 Å². The van der Waals surface area contributed by atoms with E-state index in [9.17, 15) is 23.7 Å². The fourth-order valence-corrected chi connectivity index (χ4v) is 2.14. The van der Waals surface area contributed by atoms with Crippen molar-refractivity contribution in [3.8, 4) is 0 Å². The number of nitro benzene ring substituents is 1. The summed E-state index contributed by atoms with van der Waals surface area (Å²) in [7, 11) is 0. The minimum Gasteiger partial charge on any atom is -0.350 e. The summed E-state index contributed by atoms with van der Waals surface area (Å²) in [4.78, 5) is 21.6. The second-order valence-corrected chi connectivity index (χ2v) is 4.81. The molecule has 0 fully saturated rings. The molecule has 0 heterocycles. The summed E-state index contributed by atoms with van der Waals surface area (Å²) < 4.78 is 23.7. The van der Waals surface area contributed by atoms with Crippen LogP contribution in [0.15, 0.2) is 23.1 Å². The molecule has 0 aliphatic rings. The van der Waals surface area contributed by atoms with Gasteiger partial charge in [-0.3, -0.25) is 14.9 Å². The first kappa shape index (κ1) is 15.6. The Morgan fingerprint density at radius 3 is 2.79 bits per heavy atom. The van der Waals surface area contributed by atoms with Gasteiger partial charge in [-0.25, -0.2) is 8.78 Å². The summed E-state index contributed by atoms with van der Waals surface area (Å²) in [5.74, 6) is -0.801. The molecular weight excluding hydrogens is 302 g/mol. The average molecular weight is 311 g/mol. The molecule has 0 saturated carbocycles. The van der Waals surface area contributed by atoms with E-state index in [4.69, 9.17) is 11.6 Å². The standard InChI is InChI=1S/C10H9ClF2N2O3S/c11-6-1-2-8(7(3-6)15(17)18)19-5-10(16)14-4-9(12)13/h1-3,9H,4-5H2,(H,14,16). The van der Waals surface area contributed by atoms with Gasteiger partial charge in [0.05, 0.1) is 22.1 Å². The van der Waals surface area contributed by atoms with Crippen LogP contribution in [0.3, 0.4) is 0 Å². The number of nitrogens with zero attached hydrogens (tertiary/aromatic N) is 1. The normalized spacial score (nSPS) is 10.5. The molecule has 1 N–H and O–H groups in total. The monoisotopic (exact) mass is 310 g/mol. The number of carbonyl (C=O) groups excluding carboxylic acids is 1. The fraction of sp³-hybridized carbons (Fsp3) is 0.300. The topological polar surface area (TPSA) is 72.2 Å². The summed E-state index contributed by atoms with van der Waals surface area (Å²) in [6.45, 7) is -0.734. The molecule has 0 aromatic heterocycles. The van der Waals surface area contributed by atoms with Gasteiger partial charge in [-0.15, -0.1) is 11.8 Å². The van der Waals surface area contributed by atoms with Gasteiger partial charge in [0.2, 0.25) is 5.91 Å². The van der Waals surface area contributed by atoms with Crippen molar-refractivity contribution in [1.82, 2.24) is 5.32 Å². The Labute approximate surface area is 116 Å². The van der Waals surface area contributed by atoms with Crippen LogP contribution in [0, 0.1) is 10.1 Å². The number of hydrogen-bond acceptors (Lipinski definition) is 4. The van der Waals surface area contributed by atoms with E-state index in [1.807, 2.05) is 5.32 Å². The first-order valence-electron chi connectivity index (χ1n) is 5.01. The third-order valence-corrected chi connectivity index (χ3v) is 3.23. The molecule has 0 radical (unpaired) electrons. The molecule has 0 aliphatic carbocycles. The minimum atomic E-state index is -2.63. The highest BCUT2D eigenvalue weighted by atomic mass is 35.5. The van der Waals surface area contributed by atoms with Crippen LogP contribution in [0.4, 0.5) is 14.5 Å². The van der Waals surface area contributed by atoms with Crippen molar-refractivity contribution in [2.24, 2.45) is 0 Å².